The highest BCUT2D eigenvalue weighted by atomic mass is 16.5. The molecule has 0 unspecified atom stereocenters. The van der Waals surface area contributed by atoms with Gasteiger partial charge in [-0.2, -0.15) is 0 Å². The number of hydrogen-bond acceptors (Lipinski definition) is 4. The van der Waals surface area contributed by atoms with Crippen molar-refractivity contribution in [1.82, 2.24) is 4.90 Å². The number of fused-ring (bicyclic) bond motifs is 3. The fraction of sp³-hybridized carbons (Fsp3) is 0.500. The molecule has 0 radical (unpaired) electrons. The third-order valence-corrected chi connectivity index (χ3v) is 4.22. The monoisotopic (exact) mass is 263 g/mol. The molecular weight excluding hydrogens is 246 g/mol. The van der Waals surface area contributed by atoms with Crippen LogP contribution in [0.1, 0.15) is 11.5 Å². The summed E-state index contributed by atoms with van der Waals surface area (Å²) in [6.07, 6.45) is 0. The summed E-state index contributed by atoms with van der Waals surface area (Å²) in [4.78, 5) is 13.8. The highest BCUT2D eigenvalue weighted by Crippen LogP contribution is 2.51. The zero-order valence-corrected chi connectivity index (χ0v) is 11.0. The Morgan fingerprint density at radius 2 is 2.37 bits per heavy atom. The lowest BCUT2D eigenvalue weighted by atomic mass is 9.73. The molecule has 1 aromatic carbocycles. The summed E-state index contributed by atoms with van der Waals surface area (Å²) in [5, 5.41) is 9.63. The van der Waals surface area contributed by atoms with Gasteiger partial charge >= 0.3 is 5.97 Å². The lowest BCUT2D eigenvalue weighted by molar-refractivity contribution is -0.151. The number of hydrogen-bond donors (Lipinski definition) is 1. The normalized spacial score (nSPS) is 29.3. The van der Waals surface area contributed by atoms with Gasteiger partial charge in [0.1, 0.15) is 12.0 Å². The smallest absolute Gasteiger partial charge is 0.315 e. The van der Waals surface area contributed by atoms with Gasteiger partial charge in [-0.15, -0.1) is 0 Å². The van der Waals surface area contributed by atoms with Crippen LogP contribution in [-0.4, -0.2) is 49.8 Å². The van der Waals surface area contributed by atoms with E-state index in [4.69, 9.17) is 9.47 Å². The molecule has 1 N–H and O–H groups in total. The number of rotatable bonds is 2. The molecule has 2 atom stereocenters. The van der Waals surface area contributed by atoms with Gasteiger partial charge in [0.25, 0.3) is 0 Å². The second kappa shape index (κ2) is 4.13. The maximum atomic E-state index is 11.7. The van der Waals surface area contributed by atoms with E-state index < -0.39 is 11.4 Å². The summed E-state index contributed by atoms with van der Waals surface area (Å²) < 4.78 is 11.0. The number of likely N-dealkylation sites (tertiary alicyclic amines) is 1. The van der Waals surface area contributed by atoms with Gasteiger partial charge in [0.15, 0.2) is 11.5 Å². The van der Waals surface area contributed by atoms with Crippen molar-refractivity contribution in [2.45, 2.75) is 5.92 Å². The molecule has 1 fully saturated rings. The van der Waals surface area contributed by atoms with Crippen LogP contribution in [0.4, 0.5) is 0 Å². The third kappa shape index (κ3) is 1.61. The molecule has 0 aromatic heterocycles. The van der Waals surface area contributed by atoms with E-state index in [-0.39, 0.29) is 12.5 Å². The Hall–Kier alpha value is -1.75. The van der Waals surface area contributed by atoms with E-state index in [1.165, 1.54) is 0 Å². The van der Waals surface area contributed by atoms with Crippen molar-refractivity contribution in [1.29, 1.82) is 0 Å². The van der Waals surface area contributed by atoms with Crippen LogP contribution in [-0.2, 0) is 4.79 Å². The van der Waals surface area contributed by atoms with Gasteiger partial charge in [0, 0.05) is 24.6 Å². The SMILES string of the molecule is COc1cccc2c1OC[C@]1(C(=O)O)CN(C)C[C@H]21. The topological polar surface area (TPSA) is 59.0 Å². The Kier molecular flexibility index (Phi) is 2.67. The molecule has 0 bridgehead atoms. The number of carboxylic acids is 1. The van der Waals surface area contributed by atoms with E-state index in [1.54, 1.807) is 7.11 Å². The molecule has 0 saturated carbocycles. The molecule has 3 rings (SSSR count). The second-order valence-corrected chi connectivity index (χ2v) is 5.38. The van der Waals surface area contributed by atoms with Crippen LogP contribution in [0.15, 0.2) is 18.2 Å². The van der Waals surface area contributed by atoms with E-state index >= 15 is 0 Å². The molecule has 1 saturated heterocycles. The first-order chi connectivity index (χ1) is 9.08. The Labute approximate surface area is 111 Å². The van der Waals surface area contributed by atoms with Crippen LogP contribution in [0.3, 0.4) is 0 Å². The van der Waals surface area contributed by atoms with E-state index in [9.17, 15) is 9.90 Å². The van der Waals surface area contributed by atoms with Crippen molar-refractivity contribution in [2.24, 2.45) is 5.41 Å². The fourth-order valence-electron chi connectivity index (χ4n) is 3.29. The first-order valence-electron chi connectivity index (χ1n) is 6.30. The summed E-state index contributed by atoms with van der Waals surface area (Å²) in [6.45, 7) is 1.45. The number of ether oxygens (including phenoxy) is 2. The van der Waals surface area contributed by atoms with E-state index in [2.05, 4.69) is 4.90 Å². The first kappa shape index (κ1) is 12.3. The fourth-order valence-corrected chi connectivity index (χ4v) is 3.29. The van der Waals surface area contributed by atoms with Crippen molar-refractivity contribution in [3.05, 3.63) is 23.8 Å². The highest BCUT2D eigenvalue weighted by Gasteiger charge is 2.56. The molecule has 0 aliphatic carbocycles. The molecule has 102 valence electrons. The van der Waals surface area contributed by atoms with Crippen LogP contribution in [0.25, 0.3) is 0 Å². The molecule has 0 spiro atoms. The molecule has 2 aliphatic heterocycles. The average Bonchev–Trinajstić information content (AvgIpc) is 2.76. The molecule has 2 aliphatic rings. The predicted octanol–water partition coefficient (Wildman–Crippen LogP) is 1.19. The summed E-state index contributed by atoms with van der Waals surface area (Å²) >= 11 is 0. The number of carboxylic acid groups (broad SMARTS) is 1. The zero-order chi connectivity index (χ0) is 13.6. The molecule has 1 aromatic rings. The standard InChI is InChI=1S/C14H17NO4/c1-15-6-10-9-4-3-5-11(18-2)12(9)19-8-14(10,7-15)13(16)17/h3-5,10H,6-8H2,1-2H3,(H,16,17)/t10-,14-/m1/s1. The second-order valence-electron chi connectivity index (χ2n) is 5.38. The Morgan fingerprint density at radius 3 is 3.05 bits per heavy atom. The van der Waals surface area contributed by atoms with Crippen molar-refractivity contribution in [2.75, 3.05) is 33.9 Å². The summed E-state index contributed by atoms with van der Waals surface area (Å²) in [5.74, 6) is 0.539. The van der Waals surface area contributed by atoms with Crippen molar-refractivity contribution < 1.29 is 19.4 Å². The average molecular weight is 263 g/mol. The van der Waals surface area contributed by atoms with Crippen molar-refractivity contribution >= 4 is 5.97 Å². The van der Waals surface area contributed by atoms with Gasteiger partial charge in [-0.1, -0.05) is 12.1 Å². The Morgan fingerprint density at radius 1 is 1.58 bits per heavy atom. The minimum atomic E-state index is -0.839. The van der Waals surface area contributed by atoms with Gasteiger partial charge < -0.3 is 19.5 Å². The lowest BCUT2D eigenvalue weighted by Crippen LogP contribution is -2.45. The maximum absolute atomic E-state index is 11.7. The maximum Gasteiger partial charge on any atom is 0.315 e. The first-order valence-corrected chi connectivity index (χ1v) is 6.30. The van der Waals surface area contributed by atoms with Crippen LogP contribution < -0.4 is 9.47 Å². The quantitative estimate of drug-likeness (QED) is 0.868. The molecular formula is C14H17NO4. The molecule has 5 heteroatoms. The third-order valence-electron chi connectivity index (χ3n) is 4.22. The predicted molar refractivity (Wildman–Crippen MR) is 68.8 cm³/mol. The van der Waals surface area contributed by atoms with Gasteiger partial charge in [-0.05, 0) is 13.1 Å². The molecule has 2 heterocycles. The van der Waals surface area contributed by atoms with E-state index in [0.29, 0.717) is 18.0 Å². The largest absolute Gasteiger partial charge is 0.493 e. The number of aliphatic carboxylic acids is 1. The van der Waals surface area contributed by atoms with Crippen LogP contribution in [0, 0.1) is 5.41 Å². The zero-order valence-electron chi connectivity index (χ0n) is 11.0. The summed E-state index contributed by atoms with van der Waals surface area (Å²) in [6, 6.07) is 5.67. The van der Waals surface area contributed by atoms with Crippen LogP contribution in [0.2, 0.25) is 0 Å². The number of benzene rings is 1. The number of methoxy groups -OCH3 is 1. The van der Waals surface area contributed by atoms with Crippen LogP contribution >= 0.6 is 0 Å². The van der Waals surface area contributed by atoms with Gasteiger partial charge in [-0.25, -0.2) is 0 Å². The van der Waals surface area contributed by atoms with Gasteiger partial charge in [0.2, 0.25) is 0 Å². The molecule has 0 amide bonds. The minimum absolute atomic E-state index is 0.0474. The highest BCUT2D eigenvalue weighted by molar-refractivity contribution is 5.78. The Bertz CT molecular complexity index is 530. The summed E-state index contributed by atoms with van der Waals surface area (Å²) in [5.41, 5.74) is 0.103. The van der Waals surface area contributed by atoms with Crippen LogP contribution in [0.5, 0.6) is 11.5 Å². The minimum Gasteiger partial charge on any atom is -0.493 e. The molecule has 19 heavy (non-hydrogen) atoms. The summed E-state index contributed by atoms with van der Waals surface area (Å²) in [7, 11) is 3.54. The van der Waals surface area contributed by atoms with Gasteiger partial charge in [0.05, 0.1) is 7.11 Å². The molecule has 5 nitrogen and oxygen atoms in total. The number of carbonyl (C=O) groups is 1. The van der Waals surface area contributed by atoms with Gasteiger partial charge in [-0.3, -0.25) is 4.79 Å². The number of nitrogens with zero attached hydrogens (tertiary/aromatic N) is 1. The van der Waals surface area contributed by atoms with Crippen molar-refractivity contribution in [3.63, 3.8) is 0 Å². The number of para-hydroxylation sites is 1. The van der Waals surface area contributed by atoms with E-state index in [0.717, 1.165) is 12.1 Å². The van der Waals surface area contributed by atoms with Crippen molar-refractivity contribution in [3.8, 4) is 11.5 Å². The Balaban J connectivity index is 2.12. The number of likely N-dealkylation sites (N-methyl/N-ethyl adjacent to an activating group) is 1. The van der Waals surface area contributed by atoms with E-state index in [1.807, 2.05) is 25.2 Å². The lowest BCUT2D eigenvalue weighted by Gasteiger charge is -2.36.